The first kappa shape index (κ1) is 17.6. The maximum atomic E-state index is 12.8. The van der Waals surface area contributed by atoms with E-state index >= 15 is 0 Å². The summed E-state index contributed by atoms with van der Waals surface area (Å²) in [7, 11) is 0. The maximum absolute atomic E-state index is 12.8. The van der Waals surface area contributed by atoms with Crippen LogP contribution in [-0.2, 0) is 4.79 Å². The molecule has 1 fully saturated rings. The molecular weight excluding hydrogens is 346 g/mol. The summed E-state index contributed by atoms with van der Waals surface area (Å²) in [5.41, 5.74) is 5.46. The highest BCUT2D eigenvalue weighted by molar-refractivity contribution is 6.06. The third kappa shape index (κ3) is 3.20. The number of benzene rings is 1. The predicted octanol–water partition coefficient (Wildman–Crippen LogP) is 1.28. The van der Waals surface area contributed by atoms with E-state index in [0.29, 0.717) is 32.4 Å². The van der Waals surface area contributed by atoms with Crippen LogP contribution in [-0.4, -0.2) is 47.0 Å². The molecule has 0 unspecified atom stereocenters. The van der Waals surface area contributed by atoms with E-state index in [1.165, 1.54) is 0 Å². The summed E-state index contributed by atoms with van der Waals surface area (Å²) >= 11 is 0. The van der Waals surface area contributed by atoms with Gasteiger partial charge in [0.2, 0.25) is 0 Å². The first-order valence-corrected chi connectivity index (χ1v) is 9.28. The number of fused-ring (bicyclic) bond motifs is 1. The molecular formula is C19H25N5O3. The second-order valence-electron chi connectivity index (χ2n) is 8.08. The standard InChI is InChI=1S/C19H25N5O3/c1-18(2)11-13(12-5-3-4-6-14(12)27-18)21-17(26)24-9-7-19(8-10-24)15(25)22-16(20)23-19/h3-6,13H,7-11H2,1-2H3,(H,21,26)(H3,20,22,23,25)/t13-/m0/s1. The zero-order valence-electron chi connectivity index (χ0n) is 15.6. The van der Waals surface area contributed by atoms with E-state index in [9.17, 15) is 9.59 Å². The van der Waals surface area contributed by atoms with Crippen molar-refractivity contribution >= 4 is 17.9 Å². The van der Waals surface area contributed by atoms with Crippen molar-refractivity contribution in [3.05, 3.63) is 29.8 Å². The van der Waals surface area contributed by atoms with Crippen LogP contribution in [0.4, 0.5) is 4.79 Å². The van der Waals surface area contributed by atoms with Crippen molar-refractivity contribution < 1.29 is 14.3 Å². The Bertz CT molecular complexity index is 811. The highest BCUT2D eigenvalue weighted by Crippen LogP contribution is 2.39. The first-order valence-electron chi connectivity index (χ1n) is 9.28. The van der Waals surface area contributed by atoms with Crippen molar-refractivity contribution in [2.75, 3.05) is 13.1 Å². The van der Waals surface area contributed by atoms with Crippen molar-refractivity contribution in [1.29, 1.82) is 0 Å². The zero-order valence-corrected chi connectivity index (χ0v) is 15.6. The normalized spacial score (nSPS) is 25.3. The Morgan fingerprint density at radius 2 is 2.04 bits per heavy atom. The molecule has 1 saturated heterocycles. The zero-order chi connectivity index (χ0) is 19.2. The van der Waals surface area contributed by atoms with Crippen LogP contribution in [0, 0.1) is 0 Å². The van der Waals surface area contributed by atoms with Gasteiger partial charge in [-0.05, 0) is 32.8 Å². The van der Waals surface area contributed by atoms with Crippen LogP contribution >= 0.6 is 0 Å². The van der Waals surface area contributed by atoms with Crippen LogP contribution in [0.1, 0.15) is 44.7 Å². The van der Waals surface area contributed by atoms with Gasteiger partial charge in [0, 0.05) is 25.1 Å². The minimum Gasteiger partial charge on any atom is -0.487 e. The number of piperidine rings is 1. The largest absolute Gasteiger partial charge is 0.487 e. The number of ether oxygens (including phenoxy) is 1. The van der Waals surface area contributed by atoms with E-state index in [1.54, 1.807) is 4.90 Å². The number of nitrogens with two attached hydrogens (primary N) is 1. The molecule has 1 aromatic carbocycles. The lowest BCUT2D eigenvalue weighted by Crippen LogP contribution is -2.53. The number of amides is 3. The van der Waals surface area contributed by atoms with Gasteiger partial charge in [-0.15, -0.1) is 0 Å². The Kier molecular flexibility index (Phi) is 4.01. The second kappa shape index (κ2) is 6.14. The molecule has 3 aliphatic rings. The number of hydrogen-bond donors (Lipinski definition) is 3. The minimum atomic E-state index is -0.811. The lowest BCUT2D eigenvalue weighted by molar-refractivity contribution is -0.125. The van der Waals surface area contributed by atoms with Crippen LogP contribution < -0.4 is 21.1 Å². The molecule has 0 aromatic heterocycles. The van der Waals surface area contributed by atoms with Crippen LogP contribution in [0.5, 0.6) is 5.75 Å². The number of nitrogens with one attached hydrogen (secondary N) is 2. The van der Waals surface area contributed by atoms with Gasteiger partial charge in [-0.3, -0.25) is 10.1 Å². The monoisotopic (exact) mass is 371 g/mol. The molecule has 0 saturated carbocycles. The Morgan fingerprint density at radius 1 is 1.33 bits per heavy atom. The van der Waals surface area contributed by atoms with Crippen molar-refractivity contribution in [3.63, 3.8) is 0 Å². The Hall–Kier alpha value is -2.77. The summed E-state index contributed by atoms with van der Waals surface area (Å²) in [6, 6.07) is 7.56. The SMILES string of the molecule is CC1(C)C[C@H](NC(=O)N2CCC3(CC2)N=C(N)NC3=O)c2ccccc2O1. The Morgan fingerprint density at radius 3 is 2.70 bits per heavy atom. The minimum absolute atomic E-state index is 0.114. The van der Waals surface area contributed by atoms with Gasteiger partial charge in [0.1, 0.15) is 16.9 Å². The third-order valence-corrected chi connectivity index (χ3v) is 5.55. The molecule has 1 atom stereocenters. The third-order valence-electron chi connectivity index (χ3n) is 5.55. The highest BCUT2D eigenvalue weighted by atomic mass is 16.5. The fraction of sp³-hybridized carbons (Fsp3) is 0.526. The number of likely N-dealkylation sites (tertiary alicyclic amines) is 1. The fourth-order valence-corrected chi connectivity index (χ4v) is 4.13. The van der Waals surface area contributed by atoms with E-state index in [4.69, 9.17) is 10.5 Å². The molecule has 8 nitrogen and oxygen atoms in total. The Labute approximate surface area is 158 Å². The van der Waals surface area contributed by atoms with Crippen LogP contribution in [0.3, 0.4) is 0 Å². The predicted molar refractivity (Wildman–Crippen MR) is 100 cm³/mol. The molecule has 27 heavy (non-hydrogen) atoms. The smallest absolute Gasteiger partial charge is 0.317 e. The van der Waals surface area contributed by atoms with Crippen molar-refractivity contribution in [1.82, 2.24) is 15.5 Å². The van der Waals surface area contributed by atoms with Crippen LogP contribution in [0.15, 0.2) is 29.3 Å². The molecule has 3 aliphatic heterocycles. The lowest BCUT2D eigenvalue weighted by Gasteiger charge is -2.40. The summed E-state index contributed by atoms with van der Waals surface area (Å²) in [5, 5.41) is 5.71. The van der Waals surface area contributed by atoms with Gasteiger partial charge in [0.15, 0.2) is 5.96 Å². The first-order chi connectivity index (χ1) is 12.8. The number of aliphatic imine (C=N–C) groups is 1. The quantitative estimate of drug-likeness (QED) is 0.691. The van der Waals surface area contributed by atoms with E-state index in [0.717, 1.165) is 11.3 Å². The molecule has 0 radical (unpaired) electrons. The molecule has 144 valence electrons. The van der Waals surface area contributed by atoms with E-state index < -0.39 is 5.54 Å². The molecule has 4 N–H and O–H groups in total. The summed E-state index contributed by atoms with van der Waals surface area (Å²) in [5.74, 6) is 0.809. The molecule has 3 amide bonds. The molecule has 4 rings (SSSR count). The van der Waals surface area contributed by atoms with Gasteiger partial charge >= 0.3 is 6.03 Å². The molecule has 8 heteroatoms. The van der Waals surface area contributed by atoms with E-state index in [2.05, 4.69) is 15.6 Å². The van der Waals surface area contributed by atoms with Gasteiger partial charge in [-0.1, -0.05) is 18.2 Å². The number of nitrogens with zero attached hydrogens (tertiary/aromatic N) is 2. The number of carbonyl (C=O) groups excluding carboxylic acids is 2. The van der Waals surface area contributed by atoms with E-state index in [-0.39, 0.29) is 29.5 Å². The van der Waals surface area contributed by atoms with Crippen molar-refractivity contribution in [3.8, 4) is 5.75 Å². The molecule has 0 aliphatic carbocycles. The molecule has 3 heterocycles. The van der Waals surface area contributed by atoms with Gasteiger partial charge in [0.05, 0.1) is 6.04 Å². The van der Waals surface area contributed by atoms with Gasteiger partial charge in [-0.2, -0.15) is 0 Å². The summed E-state index contributed by atoms with van der Waals surface area (Å²) in [4.78, 5) is 31.0. The summed E-state index contributed by atoms with van der Waals surface area (Å²) in [6.45, 7) is 4.97. The summed E-state index contributed by atoms with van der Waals surface area (Å²) in [6.07, 6.45) is 1.64. The number of guanidine groups is 1. The summed E-state index contributed by atoms with van der Waals surface area (Å²) < 4.78 is 6.03. The van der Waals surface area contributed by atoms with Crippen molar-refractivity contribution in [2.24, 2.45) is 10.7 Å². The Balaban J connectivity index is 1.44. The topological polar surface area (TPSA) is 109 Å². The van der Waals surface area contributed by atoms with Gasteiger partial charge in [-0.25, -0.2) is 9.79 Å². The molecule has 1 aromatic rings. The molecule has 0 bridgehead atoms. The van der Waals surface area contributed by atoms with Gasteiger partial charge < -0.3 is 20.7 Å². The number of carbonyl (C=O) groups is 2. The number of para-hydroxylation sites is 1. The van der Waals surface area contributed by atoms with Crippen molar-refractivity contribution in [2.45, 2.75) is 50.3 Å². The van der Waals surface area contributed by atoms with Crippen LogP contribution in [0.25, 0.3) is 0 Å². The average Bonchev–Trinajstić information content (AvgIpc) is 2.87. The maximum Gasteiger partial charge on any atom is 0.317 e. The molecule has 1 spiro atoms. The number of urea groups is 1. The fourth-order valence-electron chi connectivity index (χ4n) is 4.13. The van der Waals surface area contributed by atoms with E-state index in [1.807, 2.05) is 38.1 Å². The number of hydrogen-bond acceptors (Lipinski definition) is 5. The van der Waals surface area contributed by atoms with Crippen LogP contribution in [0.2, 0.25) is 0 Å². The van der Waals surface area contributed by atoms with Gasteiger partial charge in [0.25, 0.3) is 5.91 Å². The number of rotatable bonds is 1. The average molecular weight is 371 g/mol. The second-order valence-corrected chi connectivity index (χ2v) is 8.08. The lowest BCUT2D eigenvalue weighted by atomic mass is 9.88. The highest BCUT2D eigenvalue weighted by Gasteiger charge is 2.46.